The second kappa shape index (κ2) is 6.78. The lowest BCUT2D eigenvalue weighted by Crippen LogP contribution is -2.40. The average Bonchev–Trinajstić information content (AvgIpc) is 2.88. The zero-order valence-electron chi connectivity index (χ0n) is 10.6. The molecule has 0 radical (unpaired) electrons. The normalized spacial score (nSPS) is 22.2. The first kappa shape index (κ1) is 15.0. The quantitative estimate of drug-likeness (QED) is 0.457. The van der Waals surface area contributed by atoms with Crippen molar-refractivity contribution in [2.24, 2.45) is 10.4 Å². The minimum absolute atomic E-state index is 0. The van der Waals surface area contributed by atoms with Crippen molar-refractivity contribution < 1.29 is 5.11 Å². The summed E-state index contributed by atoms with van der Waals surface area (Å²) in [7, 11) is 0. The van der Waals surface area contributed by atoms with E-state index in [1.165, 1.54) is 12.8 Å². The van der Waals surface area contributed by atoms with E-state index in [1.807, 2.05) is 0 Å². The molecule has 1 heterocycles. The molecule has 0 atom stereocenters. The van der Waals surface area contributed by atoms with Crippen molar-refractivity contribution in [3.8, 4) is 0 Å². The molecule has 1 saturated heterocycles. The number of nitrogens with one attached hydrogen (secondary N) is 1. The van der Waals surface area contributed by atoms with E-state index in [1.54, 1.807) is 0 Å². The van der Waals surface area contributed by atoms with Crippen molar-refractivity contribution in [3.63, 3.8) is 0 Å². The topological polar surface area (TPSA) is 47.9 Å². The predicted octanol–water partition coefficient (Wildman–Crippen LogP) is 1.44. The molecule has 2 rings (SSSR count). The van der Waals surface area contributed by atoms with Gasteiger partial charge in [0.1, 0.15) is 0 Å². The van der Waals surface area contributed by atoms with Crippen molar-refractivity contribution in [1.29, 1.82) is 0 Å². The van der Waals surface area contributed by atoms with Gasteiger partial charge < -0.3 is 15.3 Å². The van der Waals surface area contributed by atoms with Gasteiger partial charge in [-0.25, -0.2) is 0 Å². The number of rotatable bonds is 4. The van der Waals surface area contributed by atoms with Crippen LogP contribution >= 0.6 is 24.0 Å². The fourth-order valence-corrected chi connectivity index (χ4v) is 2.14. The Hall–Kier alpha value is -0.0400. The summed E-state index contributed by atoms with van der Waals surface area (Å²) in [4.78, 5) is 7.00. The van der Waals surface area contributed by atoms with Crippen molar-refractivity contribution in [3.05, 3.63) is 0 Å². The van der Waals surface area contributed by atoms with Crippen LogP contribution in [0.4, 0.5) is 0 Å². The predicted molar refractivity (Wildman–Crippen MR) is 81.0 cm³/mol. The number of nitrogens with zero attached hydrogens (tertiary/aromatic N) is 2. The van der Waals surface area contributed by atoms with Gasteiger partial charge in [0.25, 0.3) is 0 Å². The van der Waals surface area contributed by atoms with Gasteiger partial charge >= 0.3 is 0 Å². The number of halogens is 1. The average molecular weight is 353 g/mol. The molecule has 0 unspecified atom stereocenters. The Balaban J connectivity index is 0.00000144. The summed E-state index contributed by atoms with van der Waals surface area (Å²) in [5.74, 6) is 1.04. The molecule has 0 bridgehead atoms. The highest BCUT2D eigenvalue weighted by atomic mass is 127. The summed E-state index contributed by atoms with van der Waals surface area (Å²) in [6, 6.07) is 0. The smallest absolute Gasteiger partial charge is 0.193 e. The lowest BCUT2D eigenvalue weighted by atomic mass is 10.1. The Morgan fingerprint density at radius 2 is 2.00 bits per heavy atom. The molecule has 0 amide bonds. The highest BCUT2D eigenvalue weighted by Gasteiger charge is 2.41. The molecular weight excluding hydrogens is 329 g/mol. The van der Waals surface area contributed by atoms with Crippen LogP contribution in [0.3, 0.4) is 0 Å². The largest absolute Gasteiger partial charge is 0.396 e. The summed E-state index contributed by atoms with van der Waals surface area (Å²) in [6.45, 7) is 6.33. The minimum atomic E-state index is 0. The third-order valence-corrected chi connectivity index (χ3v) is 3.60. The summed E-state index contributed by atoms with van der Waals surface area (Å²) in [6.07, 6.45) is 4.81. The van der Waals surface area contributed by atoms with Crippen LogP contribution in [-0.4, -0.2) is 48.8 Å². The van der Waals surface area contributed by atoms with Gasteiger partial charge in [0, 0.05) is 25.0 Å². The number of likely N-dealkylation sites (tertiary alicyclic amines) is 1. The van der Waals surface area contributed by atoms with E-state index < -0.39 is 0 Å². The third kappa shape index (κ3) is 3.98. The van der Waals surface area contributed by atoms with Crippen LogP contribution in [0.25, 0.3) is 0 Å². The van der Waals surface area contributed by atoms with E-state index in [0.717, 1.165) is 45.0 Å². The Bertz CT molecular complexity index is 260. The summed E-state index contributed by atoms with van der Waals surface area (Å²) in [5.41, 5.74) is 0.125. The first-order chi connectivity index (χ1) is 7.79. The van der Waals surface area contributed by atoms with Crippen molar-refractivity contribution in [2.45, 2.75) is 32.6 Å². The van der Waals surface area contributed by atoms with E-state index in [2.05, 4.69) is 22.1 Å². The van der Waals surface area contributed by atoms with Gasteiger partial charge in [-0.05, 0) is 32.6 Å². The Morgan fingerprint density at radius 1 is 1.35 bits per heavy atom. The maximum absolute atomic E-state index is 9.26. The molecule has 0 aromatic carbocycles. The highest BCUT2D eigenvalue weighted by molar-refractivity contribution is 14.0. The molecule has 100 valence electrons. The summed E-state index contributed by atoms with van der Waals surface area (Å²) >= 11 is 0. The van der Waals surface area contributed by atoms with Gasteiger partial charge in [0.15, 0.2) is 5.96 Å². The van der Waals surface area contributed by atoms with Gasteiger partial charge in [-0.3, -0.25) is 4.99 Å². The molecule has 5 heteroatoms. The maximum Gasteiger partial charge on any atom is 0.193 e. The van der Waals surface area contributed by atoms with Crippen LogP contribution in [0.15, 0.2) is 4.99 Å². The van der Waals surface area contributed by atoms with Crippen LogP contribution in [0.2, 0.25) is 0 Å². The zero-order chi connectivity index (χ0) is 11.4. The monoisotopic (exact) mass is 353 g/mol. The van der Waals surface area contributed by atoms with Crippen LogP contribution in [0, 0.1) is 5.41 Å². The fraction of sp³-hybridized carbons (Fsp3) is 0.917. The van der Waals surface area contributed by atoms with E-state index in [-0.39, 0.29) is 36.0 Å². The van der Waals surface area contributed by atoms with Gasteiger partial charge in [-0.2, -0.15) is 0 Å². The van der Waals surface area contributed by atoms with Crippen molar-refractivity contribution in [2.75, 3.05) is 32.8 Å². The lowest BCUT2D eigenvalue weighted by molar-refractivity contribution is 0.216. The molecular formula is C12H24IN3O. The second-order valence-electron chi connectivity index (χ2n) is 5.02. The molecule has 1 saturated carbocycles. The SMILES string of the molecule is CCNC(=NCC1(CO)CC1)N1CCCC1.I. The Morgan fingerprint density at radius 3 is 2.47 bits per heavy atom. The number of hydrogen-bond acceptors (Lipinski definition) is 2. The number of aliphatic hydroxyl groups is 1. The first-order valence-corrected chi connectivity index (χ1v) is 6.44. The molecule has 2 aliphatic rings. The molecule has 2 N–H and O–H groups in total. The first-order valence-electron chi connectivity index (χ1n) is 6.44. The highest BCUT2D eigenvalue weighted by Crippen LogP contribution is 2.45. The van der Waals surface area contributed by atoms with Crippen LogP contribution in [0.1, 0.15) is 32.6 Å². The zero-order valence-corrected chi connectivity index (χ0v) is 12.9. The van der Waals surface area contributed by atoms with Gasteiger partial charge in [-0.1, -0.05) is 0 Å². The number of guanidine groups is 1. The van der Waals surface area contributed by atoms with E-state index in [9.17, 15) is 5.11 Å². The summed E-state index contributed by atoms with van der Waals surface area (Å²) in [5, 5.41) is 12.6. The molecule has 0 aromatic rings. The summed E-state index contributed by atoms with van der Waals surface area (Å²) < 4.78 is 0. The molecule has 4 nitrogen and oxygen atoms in total. The molecule has 1 aliphatic heterocycles. The fourth-order valence-electron chi connectivity index (χ4n) is 2.14. The number of aliphatic hydroxyl groups excluding tert-OH is 1. The van der Waals surface area contributed by atoms with Crippen LogP contribution < -0.4 is 5.32 Å². The standard InChI is InChI=1S/C12H23N3O.HI/c1-2-13-11(15-7-3-4-8-15)14-9-12(10-16)5-6-12;/h16H,2-10H2,1H3,(H,13,14);1H. The van der Waals surface area contributed by atoms with Crippen LogP contribution in [0.5, 0.6) is 0 Å². The lowest BCUT2D eigenvalue weighted by Gasteiger charge is -2.21. The van der Waals surface area contributed by atoms with Crippen molar-refractivity contribution >= 4 is 29.9 Å². The molecule has 0 aromatic heterocycles. The van der Waals surface area contributed by atoms with Gasteiger partial charge in [0.05, 0.1) is 13.2 Å². The van der Waals surface area contributed by atoms with E-state index >= 15 is 0 Å². The number of hydrogen-bond donors (Lipinski definition) is 2. The molecule has 0 spiro atoms. The third-order valence-electron chi connectivity index (χ3n) is 3.60. The van der Waals surface area contributed by atoms with E-state index in [4.69, 9.17) is 0 Å². The van der Waals surface area contributed by atoms with Crippen molar-refractivity contribution in [1.82, 2.24) is 10.2 Å². The maximum atomic E-state index is 9.26. The Kier molecular flexibility index (Phi) is 5.99. The number of aliphatic imine (C=N–C) groups is 1. The second-order valence-corrected chi connectivity index (χ2v) is 5.02. The Labute approximate surface area is 121 Å². The van der Waals surface area contributed by atoms with Crippen LogP contribution in [-0.2, 0) is 0 Å². The molecule has 2 fully saturated rings. The van der Waals surface area contributed by atoms with E-state index in [0.29, 0.717) is 0 Å². The van der Waals surface area contributed by atoms with Gasteiger partial charge in [-0.15, -0.1) is 24.0 Å². The molecule has 17 heavy (non-hydrogen) atoms. The van der Waals surface area contributed by atoms with Gasteiger partial charge in [0.2, 0.25) is 0 Å². The molecule has 1 aliphatic carbocycles. The minimum Gasteiger partial charge on any atom is -0.396 e.